The van der Waals surface area contributed by atoms with Gasteiger partial charge in [0.15, 0.2) is 0 Å². The molecule has 0 saturated heterocycles. The monoisotopic (exact) mass is 575 g/mol. The number of ether oxygens (including phenoxy) is 2. The van der Waals surface area contributed by atoms with Gasteiger partial charge in [0, 0.05) is 58.3 Å². The lowest BCUT2D eigenvalue weighted by atomic mass is 10.0. The van der Waals surface area contributed by atoms with Crippen molar-refractivity contribution in [1.29, 1.82) is 0 Å². The van der Waals surface area contributed by atoms with Crippen molar-refractivity contribution in [3.63, 3.8) is 0 Å². The molecular weight excluding hydrogens is 514 g/mol. The number of nitrogens with one attached hydrogen (secondary N) is 1. The first-order valence-electron chi connectivity index (χ1n) is 15.0. The molecule has 11 nitrogen and oxygen atoms in total. The van der Waals surface area contributed by atoms with Crippen LogP contribution in [0.4, 0.5) is 0 Å². The van der Waals surface area contributed by atoms with Crippen molar-refractivity contribution in [1.82, 2.24) is 5.32 Å². The number of nitrogens with two attached hydrogens (primary N) is 4. The van der Waals surface area contributed by atoms with Gasteiger partial charge >= 0.3 is 11.9 Å². The first-order chi connectivity index (χ1) is 19.3. The molecule has 0 spiro atoms. The van der Waals surface area contributed by atoms with Gasteiger partial charge < -0.3 is 37.7 Å². The highest BCUT2D eigenvalue weighted by atomic mass is 16.5. The summed E-state index contributed by atoms with van der Waals surface area (Å²) in [6.45, 7) is 2.86. The molecule has 0 saturated carbocycles. The Labute approximate surface area is 243 Å². The van der Waals surface area contributed by atoms with Crippen LogP contribution in [0.3, 0.4) is 0 Å². The number of unbranched alkanes of at least 4 members (excludes halogenated alkanes) is 10. The lowest BCUT2D eigenvalue weighted by Gasteiger charge is -2.04. The van der Waals surface area contributed by atoms with Gasteiger partial charge in [0.05, 0.1) is 14.2 Å². The van der Waals surface area contributed by atoms with Crippen molar-refractivity contribution in [3.05, 3.63) is 0 Å². The number of esters is 2. The van der Waals surface area contributed by atoms with Gasteiger partial charge in [0.1, 0.15) is 5.78 Å². The smallest absolute Gasteiger partial charge is 0.305 e. The Balaban J connectivity index is -0.000000614. The quantitative estimate of drug-likeness (QED) is 0.0840. The fourth-order valence-corrected chi connectivity index (χ4v) is 3.49. The number of amides is 1. The van der Waals surface area contributed by atoms with Gasteiger partial charge in [-0.2, -0.15) is 0 Å². The van der Waals surface area contributed by atoms with Gasteiger partial charge in [0.25, 0.3) is 0 Å². The van der Waals surface area contributed by atoms with E-state index in [9.17, 15) is 19.2 Å². The molecule has 0 aliphatic heterocycles. The van der Waals surface area contributed by atoms with E-state index in [-0.39, 0.29) is 17.8 Å². The van der Waals surface area contributed by atoms with Crippen LogP contribution in [0.25, 0.3) is 0 Å². The Morgan fingerprint density at radius 1 is 0.475 bits per heavy atom. The SMILES string of the molecule is COC(=O)CCCCCCCCC(=O)OC.NCCCC(=O)CCCCCCCCC(=O)NCCN.NCCN. The van der Waals surface area contributed by atoms with Crippen LogP contribution in [0, 0.1) is 0 Å². The van der Waals surface area contributed by atoms with Gasteiger partial charge in [-0.15, -0.1) is 0 Å². The number of hydrogen-bond donors (Lipinski definition) is 5. The maximum atomic E-state index is 11.4. The average Bonchev–Trinajstić information content (AvgIpc) is 2.97. The summed E-state index contributed by atoms with van der Waals surface area (Å²) < 4.78 is 9.09. The molecule has 0 aliphatic carbocycles. The molecule has 0 atom stereocenters. The highest BCUT2D eigenvalue weighted by molar-refractivity contribution is 5.78. The lowest BCUT2D eigenvalue weighted by molar-refractivity contribution is -0.141. The number of carbonyl (C=O) groups excluding carboxylic acids is 4. The summed E-state index contributed by atoms with van der Waals surface area (Å²) >= 11 is 0. The van der Waals surface area contributed by atoms with Crippen LogP contribution in [-0.2, 0) is 28.7 Å². The first-order valence-corrected chi connectivity index (χ1v) is 15.0. The molecule has 0 radical (unpaired) electrons. The lowest BCUT2D eigenvalue weighted by Crippen LogP contribution is -2.28. The molecule has 0 bridgehead atoms. The van der Waals surface area contributed by atoms with E-state index < -0.39 is 0 Å². The minimum absolute atomic E-state index is 0.0981. The molecule has 9 N–H and O–H groups in total. The molecule has 0 aromatic carbocycles. The number of methoxy groups -OCH3 is 2. The third-order valence-electron chi connectivity index (χ3n) is 5.87. The Morgan fingerprint density at radius 3 is 1.23 bits per heavy atom. The fourth-order valence-electron chi connectivity index (χ4n) is 3.49. The summed E-state index contributed by atoms with van der Waals surface area (Å²) in [6.07, 6.45) is 16.3. The second-order valence-electron chi connectivity index (χ2n) is 9.54. The minimum Gasteiger partial charge on any atom is -0.469 e. The van der Waals surface area contributed by atoms with E-state index in [1.165, 1.54) is 14.2 Å². The van der Waals surface area contributed by atoms with Gasteiger partial charge in [-0.3, -0.25) is 19.2 Å². The molecule has 0 rings (SSSR count). The summed E-state index contributed by atoms with van der Waals surface area (Å²) in [5.74, 6) is 0.171. The molecule has 1 amide bonds. The summed E-state index contributed by atoms with van der Waals surface area (Å²) in [6, 6.07) is 0. The fraction of sp³-hybridized carbons (Fsp3) is 0.862. The molecule has 0 heterocycles. The van der Waals surface area contributed by atoms with Crippen LogP contribution in [0.5, 0.6) is 0 Å². The predicted molar refractivity (Wildman–Crippen MR) is 161 cm³/mol. The zero-order valence-corrected chi connectivity index (χ0v) is 25.5. The number of carbonyl (C=O) groups is 4. The maximum absolute atomic E-state index is 11.4. The van der Waals surface area contributed by atoms with Crippen LogP contribution in [-0.4, -0.2) is 70.6 Å². The zero-order valence-electron chi connectivity index (χ0n) is 25.5. The zero-order chi connectivity index (χ0) is 30.7. The number of Topliss-reactive ketones (excluding diaryl/α,β-unsaturated/α-hetero) is 1. The average molecular weight is 576 g/mol. The molecule has 0 aromatic heterocycles. The summed E-state index contributed by atoms with van der Waals surface area (Å²) in [4.78, 5) is 44.2. The van der Waals surface area contributed by atoms with E-state index in [0.29, 0.717) is 70.6 Å². The highest BCUT2D eigenvalue weighted by Gasteiger charge is 2.03. The molecule has 0 aromatic rings. The molecular formula is C29H61N5O6. The van der Waals surface area contributed by atoms with Crippen LogP contribution >= 0.6 is 0 Å². The van der Waals surface area contributed by atoms with Crippen molar-refractivity contribution in [2.75, 3.05) is 46.9 Å². The van der Waals surface area contributed by atoms with Crippen LogP contribution in [0.15, 0.2) is 0 Å². The first kappa shape index (κ1) is 42.4. The van der Waals surface area contributed by atoms with Crippen molar-refractivity contribution in [3.8, 4) is 0 Å². The van der Waals surface area contributed by atoms with E-state index in [1.807, 2.05) is 0 Å². The molecule has 0 unspecified atom stereocenters. The number of rotatable bonds is 24. The molecule has 0 fully saturated rings. The van der Waals surface area contributed by atoms with Gasteiger partial charge in [0.2, 0.25) is 5.91 Å². The van der Waals surface area contributed by atoms with Gasteiger partial charge in [-0.05, 0) is 38.6 Å². The van der Waals surface area contributed by atoms with Crippen molar-refractivity contribution < 1.29 is 28.7 Å². The van der Waals surface area contributed by atoms with E-state index in [1.54, 1.807) is 0 Å². The molecule has 11 heteroatoms. The Kier molecular flexibility index (Phi) is 39.1. The van der Waals surface area contributed by atoms with Crippen molar-refractivity contribution in [2.24, 2.45) is 22.9 Å². The second-order valence-corrected chi connectivity index (χ2v) is 9.54. The third kappa shape index (κ3) is 40.4. The molecule has 40 heavy (non-hydrogen) atoms. The van der Waals surface area contributed by atoms with Crippen LogP contribution < -0.4 is 28.3 Å². The number of ketones is 1. The maximum Gasteiger partial charge on any atom is 0.305 e. The minimum atomic E-state index is -0.134. The Bertz CT molecular complexity index is 543. The van der Waals surface area contributed by atoms with Gasteiger partial charge in [-0.1, -0.05) is 51.4 Å². The number of hydrogen-bond acceptors (Lipinski definition) is 10. The standard InChI is InChI=1S/C15H31N3O2.C12H22O4.C2H8N2/c16-11-7-9-14(19)8-5-3-1-2-4-6-10-15(20)18-13-12-17;1-15-11(13)9-7-5-3-4-6-8-10-12(14)16-2;3-1-2-4/h1-13,16-17H2,(H,18,20);3-10H2,1-2H3;1-4H2. The highest BCUT2D eigenvalue weighted by Crippen LogP contribution is 2.10. The third-order valence-corrected chi connectivity index (χ3v) is 5.87. The molecule has 0 aliphatic rings. The Hall–Kier alpha value is -2.08. The predicted octanol–water partition coefficient (Wildman–Crippen LogP) is 2.85. The van der Waals surface area contributed by atoms with Gasteiger partial charge in [-0.25, -0.2) is 0 Å². The summed E-state index contributed by atoms with van der Waals surface area (Å²) in [7, 11) is 2.82. The largest absolute Gasteiger partial charge is 0.469 e. The Morgan fingerprint density at radius 2 is 0.850 bits per heavy atom. The van der Waals surface area contributed by atoms with Crippen LogP contribution in [0.2, 0.25) is 0 Å². The topological polar surface area (TPSA) is 203 Å². The van der Waals surface area contributed by atoms with Crippen molar-refractivity contribution >= 4 is 23.6 Å². The van der Waals surface area contributed by atoms with Crippen molar-refractivity contribution in [2.45, 2.75) is 116 Å². The van der Waals surface area contributed by atoms with E-state index in [2.05, 4.69) is 14.8 Å². The summed E-state index contributed by atoms with van der Waals surface area (Å²) in [5.41, 5.74) is 20.5. The van der Waals surface area contributed by atoms with E-state index in [0.717, 1.165) is 83.5 Å². The van der Waals surface area contributed by atoms with Crippen LogP contribution in [0.1, 0.15) is 116 Å². The normalized spacial score (nSPS) is 9.95. The summed E-state index contributed by atoms with van der Waals surface area (Å²) in [5, 5.41) is 2.76. The van der Waals surface area contributed by atoms with E-state index in [4.69, 9.17) is 22.9 Å². The van der Waals surface area contributed by atoms with E-state index >= 15 is 0 Å². The second kappa shape index (κ2) is 36.9. The molecule has 238 valence electrons.